The smallest absolute Gasteiger partial charge is 0.246 e. The predicted octanol–water partition coefficient (Wildman–Crippen LogP) is 3.11. The van der Waals surface area contributed by atoms with E-state index in [0.29, 0.717) is 6.54 Å². The number of aryl methyl sites for hydroxylation is 1. The zero-order valence-electron chi connectivity index (χ0n) is 16.0. The lowest BCUT2D eigenvalue weighted by molar-refractivity contribution is -0.118. The van der Waals surface area contributed by atoms with Gasteiger partial charge >= 0.3 is 0 Å². The van der Waals surface area contributed by atoms with Gasteiger partial charge in [0.05, 0.1) is 4.90 Å². The molecule has 4 N–H and O–H groups in total. The van der Waals surface area contributed by atoms with Gasteiger partial charge in [-0.2, -0.15) is 0 Å². The van der Waals surface area contributed by atoms with Crippen LogP contribution in [0.1, 0.15) is 22.7 Å². The summed E-state index contributed by atoms with van der Waals surface area (Å²) in [6.07, 6.45) is 0. The van der Waals surface area contributed by atoms with Gasteiger partial charge in [0.1, 0.15) is 6.04 Å². The second kappa shape index (κ2) is 9.00. The second-order valence-electron chi connectivity index (χ2n) is 6.77. The standard InChI is InChI=1S/C22H23N3O3S/c1-16-7-11-19(12-8-16)25-22(26)21(18-5-3-2-4-6-18)24-15-17-9-13-20(14-10-17)29(23,27)28/h2-14,21,24H,15H2,1H3,(H,25,26)(H2,23,27,28)/t21-/m1/s1. The number of anilines is 1. The molecule has 29 heavy (non-hydrogen) atoms. The van der Waals surface area contributed by atoms with Gasteiger partial charge in [-0.15, -0.1) is 0 Å². The Morgan fingerprint density at radius 1 is 0.931 bits per heavy atom. The van der Waals surface area contributed by atoms with Crippen LogP contribution < -0.4 is 15.8 Å². The first kappa shape index (κ1) is 20.7. The SMILES string of the molecule is Cc1ccc(NC(=O)[C@H](NCc2ccc(S(N)(=O)=O)cc2)c2ccccc2)cc1. The van der Waals surface area contributed by atoms with Crippen molar-refractivity contribution in [1.82, 2.24) is 5.32 Å². The first-order valence-corrected chi connectivity index (χ1v) is 10.7. The van der Waals surface area contributed by atoms with E-state index in [1.165, 1.54) is 12.1 Å². The molecule has 0 aliphatic heterocycles. The van der Waals surface area contributed by atoms with Crippen LogP contribution in [0.4, 0.5) is 5.69 Å². The molecular formula is C22H23N3O3S. The van der Waals surface area contributed by atoms with Crippen molar-refractivity contribution >= 4 is 21.6 Å². The quantitative estimate of drug-likeness (QED) is 0.558. The number of amides is 1. The maximum atomic E-state index is 12.9. The van der Waals surface area contributed by atoms with Crippen molar-refractivity contribution in [3.05, 3.63) is 95.6 Å². The Hall–Kier alpha value is -3.00. The molecule has 6 nitrogen and oxygen atoms in total. The highest BCUT2D eigenvalue weighted by Gasteiger charge is 2.20. The van der Waals surface area contributed by atoms with Gasteiger partial charge in [0.25, 0.3) is 0 Å². The highest BCUT2D eigenvalue weighted by Crippen LogP contribution is 2.18. The van der Waals surface area contributed by atoms with Gasteiger partial charge in [0.15, 0.2) is 0 Å². The fourth-order valence-electron chi connectivity index (χ4n) is 2.88. The van der Waals surface area contributed by atoms with E-state index in [4.69, 9.17) is 5.14 Å². The summed E-state index contributed by atoms with van der Waals surface area (Å²) in [4.78, 5) is 13.0. The molecule has 0 radical (unpaired) electrons. The molecule has 0 unspecified atom stereocenters. The molecule has 0 spiro atoms. The van der Waals surface area contributed by atoms with Gasteiger partial charge in [-0.25, -0.2) is 13.6 Å². The molecule has 150 valence electrons. The van der Waals surface area contributed by atoms with Crippen LogP contribution in [-0.4, -0.2) is 14.3 Å². The number of sulfonamides is 1. The monoisotopic (exact) mass is 409 g/mol. The van der Waals surface area contributed by atoms with Crippen LogP contribution in [0.5, 0.6) is 0 Å². The lowest BCUT2D eigenvalue weighted by Crippen LogP contribution is -2.32. The Bertz CT molecular complexity index is 1060. The molecule has 7 heteroatoms. The van der Waals surface area contributed by atoms with E-state index in [0.717, 1.165) is 22.4 Å². The Kier molecular flexibility index (Phi) is 6.43. The number of primary sulfonamides is 1. The van der Waals surface area contributed by atoms with Crippen molar-refractivity contribution in [1.29, 1.82) is 0 Å². The third-order valence-corrected chi connectivity index (χ3v) is 5.41. The molecule has 3 rings (SSSR count). The highest BCUT2D eigenvalue weighted by atomic mass is 32.2. The molecule has 3 aromatic rings. The number of nitrogens with two attached hydrogens (primary N) is 1. The van der Waals surface area contributed by atoms with Crippen molar-refractivity contribution in [3.63, 3.8) is 0 Å². The average molecular weight is 410 g/mol. The molecule has 0 aromatic heterocycles. The normalized spacial score (nSPS) is 12.3. The molecule has 0 heterocycles. The highest BCUT2D eigenvalue weighted by molar-refractivity contribution is 7.89. The molecule has 3 aromatic carbocycles. The summed E-state index contributed by atoms with van der Waals surface area (Å²) in [6, 6.07) is 22.7. The van der Waals surface area contributed by atoms with Gasteiger partial charge in [0, 0.05) is 12.2 Å². The number of carbonyl (C=O) groups is 1. The summed E-state index contributed by atoms with van der Waals surface area (Å²) < 4.78 is 22.8. The summed E-state index contributed by atoms with van der Waals surface area (Å²) in [6.45, 7) is 2.37. The van der Waals surface area contributed by atoms with Crippen LogP contribution in [0.15, 0.2) is 83.8 Å². The van der Waals surface area contributed by atoms with Gasteiger partial charge in [0.2, 0.25) is 15.9 Å². The predicted molar refractivity (Wildman–Crippen MR) is 114 cm³/mol. The van der Waals surface area contributed by atoms with Gasteiger partial charge < -0.3 is 5.32 Å². The lowest BCUT2D eigenvalue weighted by Gasteiger charge is -2.19. The van der Waals surface area contributed by atoms with E-state index >= 15 is 0 Å². The first-order chi connectivity index (χ1) is 13.8. The third-order valence-electron chi connectivity index (χ3n) is 4.48. The summed E-state index contributed by atoms with van der Waals surface area (Å²) in [7, 11) is -3.73. The minimum Gasteiger partial charge on any atom is -0.324 e. The fraction of sp³-hybridized carbons (Fsp3) is 0.136. The Morgan fingerprint density at radius 3 is 2.14 bits per heavy atom. The van der Waals surface area contributed by atoms with Crippen LogP contribution >= 0.6 is 0 Å². The lowest BCUT2D eigenvalue weighted by atomic mass is 10.1. The maximum absolute atomic E-state index is 12.9. The molecule has 0 aliphatic carbocycles. The Morgan fingerprint density at radius 2 is 1.55 bits per heavy atom. The molecule has 0 bridgehead atoms. The largest absolute Gasteiger partial charge is 0.324 e. The van der Waals surface area contributed by atoms with Crippen LogP contribution in [-0.2, 0) is 21.4 Å². The summed E-state index contributed by atoms with van der Waals surface area (Å²) in [5.74, 6) is -0.179. The maximum Gasteiger partial charge on any atom is 0.246 e. The van der Waals surface area contributed by atoms with Crippen molar-refractivity contribution in [2.24, 2.45) is 5.14 Å². The number of hydrogen-bond acceptors (Lipinski definition) is 4. The molecule has 1 amide bonds. The van der Waals surface area contributed by atoms with E-state index in [-0.39, 0.29) is 10.8 Å². The molecule has 0 saturated heterocycles. The van der Waals surface area contributed by atoms with Crippen LogP contribution in [0.2, 0.25) is 0 Å². The first-order valence-electron chi connectivity index (χ1n) is 9.10. The minimum absolute atomic E-state index is 0.0537. The van der Waals surface area contributed by atoms with E-state index in [1.54, 1.807) is 12.1 Å². The number of carbonyl (C=O) groups excluding carboxylic acids is 1. The van der Waals surface area contributed by atoms with Crippen molar-refractivity contribution in [2.75, 3.05) is 5.32 Å². The summed E-state index contributed by atoms with van der Waals surface area (Å²) in [5, 5.41) is 11.3. The number of rotatable bonds is 7. The van der Waals surface area contributed by atoms with Gasteiger partial charge in [-0.1, -0.05) is 60.2 Å². The molecule has 0 saturated carbocycles. The third kappa shape index (κ3) is 5.74. The van der Waals surface area contributed by atoms with E-state index in [2.05, 4.69) is 10.6 Å². The van der Waals surface area contributed by atoms with E-state index in [1.807, 2.05) is 61.5 Å². The fourth-order valence-corrected chi connectivity index (χ4v) is 3.39. The van der Waals surface area contributed by atoms with E-state index < -0.39 is 16.1 Å². The molecule has 1 atom stereocenters. The van der Waals surface area contributed by atoms with E-state index in [9.17, 15) is 13.2 Å². The number of nitrogens with one attached hydrogen (secondary N) is 2. The van der Waals surface area contributed by atoms with Crippen LogP contribution in [0.25, 0.3) is 0 Å². The Balaban J connectivity index is 1.75. The zero-order chi connectivity index (χ0) is 20.9. The summed E-state index contributed by atoms with van der Waals surface area (Å²) >= 11 is 0. The average Bonchev–Trinajstić information content (AvgIpc) is 2.70. The molecule has 0 aliphatic rings. The molecular weight excluding hydrogens is 386 g/mol. The Labute approximate surface area is 170 Å². The van der Waals surface area contributed by atoms with Gasteiger partial charge in [-0.3, -0.25) is 10.1 Å². The second-order valence-corrected chi connectivity index (χ2v) is 8.33. The molecule has 0 fully saturated rings. The van der Waals surface area contributed by atoms with Crippen LogP contribution in [0, 0.1) is 6.92 Å². The topological polar surface area (TPSA) is 101 Å². The number of benzene rings is 3. The number of hydrogen-bond donors (Lipinski definition) is 3. The van der Waals surface area contributed by atoms with Crippen LogP contribution in [0.3, 0.4) is 0 Å². The van der Waals surface area contributed by atoms with Gasteiger partial charge in [-0.05, 0) is 42.3 Å². The zero-order valence-corrected chi connectivity index (χ0v) is 16.8. The van der Waals surface area contributed by atoms with Crippen molar-refractivity contribution < 1.29 is 13.2 Å². The van der Waals surface area contributed by atoms with Crippen molar-refractivity contribution in [3.8, 4) is 0 Å². The van der Waals surface area contributed by atoms with Crippen molar-refractivity contribution in [2.45, 2.75) is 24.4 Å². The summed E-state index contributed by atoms with van der Waals surface area (Å²) in [5.41, 5.74) is 3.50. The minimum atomic E-state index is -3.73.